The number of nitrogens with one attached hydrogen (secondary N) is 2. The van der Waals surface area contributed by atoms with Gasteiger partial charge in [0.25, 0.3) is 0 Å². The summed E-state index contributed by atoms with van der Waals surface area (Å²) in [5.74, 6) is -1.10. The molecule has 0 saturated carbocycles. The molecule has 0 aromatic heterocycles. The molecule has 1 aromatic carbocycles. The molecule has 30 heavy (non-hydrogen) atoms. The summed E-state index contributed by atoms with van der Waals surface area (Å²) in [5, 5.41) is 5.40. The van der Waals surface area contributed by atoms with Crippen molar-refractivity contribution >= 4 is 11.8 Å². The number of ether oxygens (including phenoxy) is 2. The molecule has 8 heteroatoms. The van der Waals surface area contributed by atoms with Gasteiger partial charge in [-0.15, -0.1) is 0 Å². The highest BCUT2D eigenvalue weighted by Crippen LogP contribution is 2.21. The Morgan fingerprint density at radius 3 is 2.33 bits per heavy atom. The number of amides is 2. The van der Waals surface area contributed by atoms with Crippen molar-refractivity contribution in [3.8, 4) is 0 Å². The molecule has 3 rings (SSSR count). The van der Waals surface area contributed by atoms with Crippen LogP contribution in [0.2, 0.25) is 0 Å². The normalized spacial score (nSPS) is 20.6. The lowest BCUT2D eigenvalue weighted by Gasteiger charge is -2.33. The second-order valence-corrected chi connectivity index (χ2v) is 7.74. The highest BCUT2D eigenvalue weighted by Gasteiger charge is 2.21. The summed E-state index contributed by atoms with van der Waals surface area (Å²) in [6, 6.07) is 10.3. The first-order valence-corrected chi connectivity index (χ1v) is 11.0. The van der Waals surface area contributed by atoms with E-state index in [2.05, 4.69) is 32.6 Å². The Labute approximate surface area is 178 Å². The van der Waals surface area contributed by atoms with Gasteiger partial charge >= 0.3 is 11.8 Å². The van der Waals surface area contributed by atoms with Crippen molar-refractivity contribution in [3.05, 3.63) is 35.9 Å². The van der Waals surface area contributed by atoms with E-state index in [9.17, 15) is 9.59 Å². The van der Waals surface area contributed by atoms with E-state index in [4.69, 9.17) is 9.47 Å². The van der Waals surface area contributed by atoms with E-state index in [0.29, 0.717) is 13.1 Å². The van der Waals surface area contributed by atoms with Crippen molar-refractivity contribution in [1.82, 2.24) is 20.4 Å². The lowest BCUT2D eigenvalue weighted by molar-refractivity contribution is -0.139. The van der Waals surface area contributed by atoms with Crippen LogP contribution in [-0.4, -0.2) is 93.8 Å². The molecule has 2 saturated heterocycles. The van der Waals surface area contributed by atoms with E-state index in [-0.39, 0.29) is 6.10 Å². The van der Waals surface area contributed by atoms with Gasteiger partial charge in [0.15, 0.2) is 0 Å². The van der Waals surface area contributed by atoms with Crippen LogP contribution >= 0.6 is 0 Å². The monoisotopic (exact) mass is 418 g/mol. The zero-order chi connectivity index (χ0) is 21.0. The number of nitrogens with zero attached hydrogens (tertiary/aromatic N) is 2. The molecule has 0 spiro atoms. The fourth-order valence-corrected chi connectivity index (χ4v) is 3.75. The van der Waals surface area contributed by atoms with Crippen LogP contribution in [0.25, 0.3) is 0 Å². The fourth-order valence-electron chi connectivity index (χ4n) is 3.75. The molecule has 1 aromatic rings. The van der Waals surface area contributed by atoms with Gasteiger partial charge in [-0.05, 0) is 24.9 Å². The van der Waals surface area contributed by atoms with Crippen molar-refractivity contribution in [2.45, 2.75) is 18.9 Å². The summed E-state index contributed by atoms with van der Waals surface area (Å²) < 4.78 is 11.2. The van der Waals surface area contributed by atoms with Gasteiger partial charge in [0.1, 0.15) is 0 Å². The maximum absolute atomic E-state index is 11.9. The zero-order valence-electron chi connectivity index (χ0n) is 17.7. The Balaban J connectivity index is 1.23. The van der Waals surface area contributed by atoms with E-state index in [1.54, 1.807) is 0 Å². The number of morpholine rings is 2. The number of hydrogen-bond donors (Lipinski definition) is 2. The lowest BCUT2D eigenvalue weighted by Crippen LogP contribution is -2.45. The van der Waals surface area contributed by atoms with E-state index >= 15 is 0 Å². The number of carbonyl (C=O) groups is 2. The third-order valence-corrected chi connectivity index (χ3v) is 5.53. The van der Waals surface area contributed by atoms with Crippen molar-refractivity contribution in [3.63, 3.8) is 0 Å². The van der Waals surface area contributed by atoms with Crippen LogP contribution in [0.1, 0.15) is 24.5 Å². The highest BCUT2D eigenvalue weighted by molar-refractivity contribution is 6.35. The minimum absolute atomic E-state index is 0.126. The zero-order valence-corrected chi connectivity index (χ0v) is 17.7. The fraction of sp³-hybridized carbons (Fsp3) is 0.636. The van der Waals surface area contributed by atoms with Crippen LogP contribution in [0.4, 0.5) is 0 Å². The predicted molar refractivity (Wildman–Crippen MR) is 114 cm³/mol. The predicted octanol–water partition coefficient (Wildman–Crippen LogP) is 0.405. The quantitative estimate of drug-likeness (QED) is 0.446. The SMILES string of the molecule is O=C(NCCCCN1CCOC(c2ccccc2)C1)C(=O)NCCN1CCOCC1. The van der Waals surface area contributed by atoms with E-state index in [1.807, 2.05) is 18.2 Å². The molecule has 2 amide bonds. The Bertz CT molecular complexity index is 652. The summed E-state index contributed by atoms with van der Waals surface area (Å²) in [7, 11) is 0. The van der Waals surface area contributed by atoms with E-state index in [0.717, 1.165) is 71.9 Å². The van der Waals surface area contributed by atoms with Crippen LogP contribution in [0.15, 0.2) is 30.3 Å². The van der Waals surface area contributed by atoms with Gasteiger partial charge in [0.05, 0.1) is 25.9 Å². The van der Waals surface area contributed by atoms with Gasteiger partial charge in [-0.1, -0.05) is 30.3 Å². The molecular formula is C22H34N4O4. The van der Waals surface area contributed by atoms with Crippen molar-refractivity contribution in [2.24, 2.45) is 0 Å². The van der Waals surface area contributed by atoms with Crippen molar-refractivity contribution in [1.29, 1.82) is 0 Å². The molecule has 2 heterocycles. The molecule has 2 aliphatic rings. The third-order valence-electron chi connectivity index (χ3n) is 5.53. The molecule has 1 atom stereocenters. The van der Waals surface area contributed by atoms with Crippen molar-refractivity contribution < 1.29 is 19.1 Å². The topological polar surface area (TPSA) is 83.1 Å². The molecule has 2 N–H and O–H groups in total. The Morgan fingerprint density at radius 2 is 1.57 bits per heavy atom. The number of hydrogen-bond acceptors (Lipinski definition) is 6. The standard InChI is InChI=1S/C22H34N4O4/c27-21(22(28)24-9-11-25-12-15-29-16-13-25)23-8-4-5-10-26-14-17-30-20(18-26)19-6-2-1-3-7-19/h1-3,6-7,20H,4-5,8-18H2,(H,23,27)(H,24,28). The maximum atomic E-state index is 11.9. The van der Waals surface area contributed by atoms with Crippen LogP contribution < -0.4 is 10.6 Å². The smallest absolute Gasteiger partial charge is 0.309 e. The summed E-state index contributed by atoms with van der Waals surface area (Å²) in [6.45, 7) is 8.46. The number of benzene rings is 1. The molecule has 0 aliphatic carbocycles. The first-order chi connectivity index (χ1) is 14.7. The second-order valence-electron chi connectivity index (χ2n) is 7.74. The molecule has 0 radical (unpaired) electrons. The van der Waals surface area contributed by atoms with Gasteiger partial charge in [-0.25, -0.2) is 0 Å². The minimum atomic E-state index is -0.554. The summed E-state index contributed by atoms with van der Waals surface area (Å²) >= 11 is 0. The second kappa shape index (κ2) is 12.6. The molecule has 8 nitrogen and oxygen atoms in total. The molecule has 1 unspecified atom stereocenters. The van der Waals surface area contributed by atoms with Gasteiger partial charge in [0, 0.05) is 45.8 Å². The molecule has 2 aliphatic heterocycles. The summed E-state index contributed by atoms with van der Waals surface area (Å²) in [6.07, 6.45) is 1.95. The average molecular weight is 419 g/mol. The number of unbranched alkanes of at least 4 members (excludes halogenated alkanes) is 1. The number of rotatable bonds is 9. The minimum Gasteiger partial charge on any atom is -0.379 e. The van der Waals surface area contributed by atoms with Gasteiger partial charge in [0.2, 0.25) is 0 Å². The van der Waals surface area contributed by atoms with E-state index in [1.165, 1.54) is 5.56 Å². The molecular weight excluding hydrogens is 384 g/mol. The van der Waals surface area contributed by atoms with Crippen LogP contribution in [0.5, 0.6) is 0 Å². The largest absolute Gasteiger partial charge is 0.379 e. The van der Waals surface area contributed by atoms with Gasteiger partial charge in [-0.2, -0.15) is 0 Å². The van der Waals surface area contributed by atoms with E-state index < -0.39 is 11.8 Å². The Hall–Kier alpha value is -2.00. The molecule has 166 valence electrons. The molecule has 0 bridgehead atoms. The van der Waals surface area contributed by atoms with Gasteiger partial charge < -0.3 is 20.1 Å². The van der Waals surface area contributed by atoms with Crippen LogP contribution in [-0.2, 0) is 19.1 Å². The summed E-state index contributed by atoms with van der Waals surface area (Å²) in [5.41, 5.74) is 1.22. The highest BCUT2D eigenvalue weighted by atomic mass is 16.5. The Morgan fingerprint density at radius 1 is 0.867 bits per heavy atom. The molecule has 2 fully saturated rings. The van der Waals surface area contributed by atoms with Gasteiger partial charge in [-0.3, -0.25) is 19.4 Å². The Kier molecular flexibility index (Phi) is 9.56. The summed E-state index contributed by atoms with van der Waals surface area (Å²) in [4.78, 5) is 28.4. The van der Waals surface area contributed by atoms with Crippen molar-refractivity contribution in [2.75, 3.05) is 72.2 Å². The maximum Gasteiger partial charge on any atom is 0.309 e. The number of carbonyl (C=O) groups excluding carboxylic acids is 2. The van der Waals surface area contributed by atoms with Crippen LogP contribution in [0.3, 0.4) is 0 Å². The van der Waals surface area contributed by atoms with Crippen LogP contribution in [0, 0.1) is 0 Å². The first-order valence-electron chi connectivity index (χ1n) is 11.0. The average Bonchev–Trinajstić information content (AvgIpc) is 2.80. The third kappa shape index (κ3) is 7.68. The first kappa shape index (κ1) is 22.7. The lowest BCUT2D eigenvalue weighted by atomic mass is 10.1.